The topological polar surface area (TPSA) is 199 Å². The van der Waals surface area contributed by atoms with E-state index in [1.54, 1.807) is 0 Å². The second kappa shape index (κ2) is 52.3. The summed E-state index contributed by atoms with van der Waals surface area (Å²) in [6.45, 7) is 6.36. The van der Waals surface area contributed by atoms with Crippen LogP contribution in [0.4, 0.5) is 0 Å². The molecule has 11 nitrogen and oxygen atoms in total. The monoisotopic (exact) mass is 851 g/mol. The van der Waals surface area contributed by atoms with Gasteiger partial charge in [0, 0.05) is 24.5 Å². The van der Waals surface area contributed by atoms with Gasteiger partial charge in [-0.25, -0.2) is 9.59 Å². The summed E-state index contributed by atoms with van der Waals surface area (Å²) >= 11 is 0. The Hall–Kier alpha value is -1.79. The molecule has 0 aliphatic rings. The molecule has 4 N–H and O–H groups in total. The van der Waals surface area contributed by atoms with Crippen LogP contribution in [0.25, 0.3) is 0 Å². The molecule has 0 aromatic heterocycles. The summed E-state index contributed by atoms with van der Waals surface area (Å²) in [4.78, 5) is 52.0. The zero-order valence-corrected chi connectivity index (χ0v) is 40.2. The van der Waals surface area contributed by atoms with Gasteiger partial charge in [-0.1, -0.05) is 200 Å². The standard InChI is InChI=1S/C22H40O4.C21H42O3.C4H6O4.Na/c1-2-3-4-5-6-7-8-9-10-11-12-13-14-15-16-17-20-26-22(25)19-18-21(23)24;1-3-4-5-6-7-8-9-10-11-12-13-14-15-16-17-18-20(23)21(24)19(2)22;5-3(6)1-2-4(7)8;/h18-19H,2-17,20H2,1H3,(H,23,24);19,21-22,24H,3-18H2,1-2H3;1-2H2,(H,5,6)(H,7,8);/q;;;+1/p-1. The number of esters is 1. The Bertz CT molecular complexity index is 973. The number of carbonyl (C=O) groups excluding carboxylic acids is 3. The van der Waals surface area contributed by atoms with Crippen LogP contribution < -0.4 is 34.7 Å². The molecule has 0 rings (SSSR count). The minimum absolute atomic E-state index is 0. The summed E-state index contributed by atoms with van der Waals surface area (Å²) in [5, 5.41) is 44.3. The number of rotatable bonds is 40. The van der Waals surface area contributed by atoms with Crippen molar-refractivity contribution in [3.05, 3.63) is 12.2 Å². The molecule has 0 spiro atoms. The van der Waals surface area contributed by atoms with Crippen molar-refractivity contribution >= 4 is 29.7 Å². The number of hydrogen-bond donors (Lipinski definition) is 4. The van der Waals surface area contributed by atoms with Crippen LogP contribution in [0.5, 0.6) is 0 Å². The van der Waals surface area contributed by atoms with Gasteiger partial charge in [0.25, 0.3) is 0 Å². The number of aliphatic hydroxyl groups is 2. The molecule has 0 bridgehead atoms. The number of carboxylic acid groups (broad SMARTS) is 3. The van der Waals surface area contributed by atoms with Crippen LogP contribution in [-0.4, -0.2) is 68.9 Å². The molecule has 0 heterocycles. The number of hydrogen-bond acceptors (Lipinski definition) is 9. The van der Waals surface area contributed by atoms with Gasteiger partial charge in [-0.05, 0) is 26.2 Å². The maximum atomic E-state index is 11.5. The van der Waals surface area contributed by atoms with Crippen molar-refractivity contribution in [2.45, 2.75) is 251 Å². The Morgan fingerprint density at radius 3 is 1.08 bits per heavy atom. The van der Waals surface area contributed by atoms with Gasteiger partial charge in [0.1, 0.15) is 6.10 Å². The zero-order chi connectivity index (χ0) is 43.9. The molecule has 0 saturated carbocycles. The first kappa shape index (κ1) is 63.8. The molecule has 59 heavy (non-hydrogen) atoms. The summed E-state index contributed by atoms with van der Waals surface area (Å²) in [5.41, 5.74) is 0. The molecule has 0 amide bonds. The summed E-state index contributed by atoms with van der Waals surface area (Å²) < 4.78 is 4.92. The van der Waals surface area contributed by atoms with Gasteiger partial charge in [0.05, 0.1) is 19.1 Å². The molecule has 0 fully saturated rings. The number of carbonyl (C=O) groups is 5. The minimum Gasteiger partial charge on any atom is -0.550 e. The maximum absolute atomic E-state index is 11.5. The van der Waals surface area contributed by atoms with Gasteiger partial charge < -0.3 is 35.1 Å². The normalized spacial score (nSPS) is 11.7. The average molecular weight is 851 g/mol. The van der Waals surface area contributed by atoms with E-state index in [4.69, 9.17) is 20.1 Å². The molecule has 0 aromatic carbocycles. The fraction of sp³-hybridized carbons (Fsp3) is 0.851. The number of ketones is 1. The van der Waals surface area contributed by atoms with Crippen molar-refractivity contribution in [3.63, 3.8) is 0 Å². The van der Waals surface area contributed by atoms with E-state index in [1.807, 2.05) is 0 Å². The zero-order valence-electron chi connectivity index (χ0n) is 38.2. The first-order valence-electron chi connectivity index (χ1n) is 23.3. The third-order valence-corrected chi connectivity index (χ3v) is 9.96. The Morgan fingerprint density at radius 2 is 0.814 bits per heavy atom. The predicted molar refractivity (Wildman–Crippen MR) is 231 cm³/mol. The van der Waals surface area contributed by atoms with Crippen LogP contribution in [0.1, 0.15) is 239 Å². The molecule has 0 radical (unpaired) electrons. The maximum Gasteiger partial charge on any atom is 1.00 e. The van der Waals surface area contributed by atoms with E-state index in [0.29, 0.717) is 13.0 Å². The van der Waals surface area contributed by atoms with Crippen molar-refractivity contribution in [2.24, 2.45) is 0 Å². The first-order valence-corrected chi connectivity index (χ1v) is 23.3. The van der Waals surface area contributed by atoms with Crippen LogP contribution >= 0.6 is 0 Å². The van der Waals surface area contributed by atoms with E-state index < -0.39 is 42.5 Å². The van der Waals surface area contributed by atoms with Gasteiger partial charge >= 0.3 is 47.5 Å². The SMILES string of the molecule is CCCCCCCCCCCCCCCCCC(=O)C(O)C(C)O.CCCCCCCCCCCCCCCCCCOC(=O)C=CC(=O)O.O=C([O-])CCC(=O)O.[Na+]. The van der Waals surface area contributed by atoms with E-state index >= 15 is 0 Å². The molecule has 0 aliphatic heterocycles. The van der Waals surface area contributed by atoms with Crippen LogP contribution in [0.2, 0.25) is 0 Å². The van der Waals surface area contributed by atoms with Crippen LogP contribution in [0.15, 0.2) is 12.2 Å². The van der Waals surface area contributed by atoms with Gasteiger partial charge in [0.2, 0.25) is 0 Å². The third-order valence-electron chi connectivity index (χ3n) is 9.96. The molecule has 0 saturated heterocycles. The largest absolute Gasteiger partial charge is 1.00 e. The summed E-state index contributed by atoms with van der Waals surface area (Å²) in [6.07, 6.45) is 39.7. The van der Waals surface area contributed by atoms with Crippen molar-refractivity contribution in [2.75, 3.05) is 6.61 Å². The number of unbranched alkanes of at least 4 members (excludes halogenated alkanes) is 29. The smallest absolute Gasteiger partial charge is 0.550 e. The van der Waals surface area contributed by atoms with E-state index in [2.05, 4.69) is 13.8 Å². The Morgan fingerprint density at radius 1 is 0.492 bits per heavy atom. The summed E-state index contributed by atoms with van der Waals surface area (Å²) in [5.74, 6) is -4.38. The van der Waals surface area contributed by atoms with Gasteiger partial charge in [0.15, 0.2) is 5.78 Å². The molecule has 0 aliphatic carbocycles. The van der Waals surface area contributed by atoms with Gasteiger partial charge in [-0.3, -0.25) is 9.59 Å². The molecule has 12 heteroatoms. The molecule has 2 unspecified atom stereocenters. The summed E-state index contributed by atoms with van der Waals surface area (Å²) in [6, 6.07) is 0. The average Bonchev–Trinajstić information content (AvgIpc) is 3.19. The predicted octanol–water partition coefficient (Wildman–Crippen LogP) is 7.60. The van der Waals surface area contributed by atoms with Crippen molar-refractivity contribution in [1.82, 2.24) is 0 Å². The second-order valence-corrected chi connectivity index (χ2v) is 15.8. The van der Waals surface area contributed by atoms with Gasteiger partial charge in [-0.15, -0.1) is 0 Å². The molecular weight excluding hydrogens is 763 g/mol. The van der Waals surface area contributed by atoms with E-state index in [-0.39, 0.29) is 41.8 Å². The third kappa shape index (κ3) is 60.6. The van der Waals surface area contributed by atoms with Crippen LogP contribution in [-0.2, 0) is 28.7 Å². The fourth-order valence-electron chi connectivity index (χ4n) is 6.31. The van der Waals surface area contributed by atoms with E-state index in [9.17, 15) is 34.2 Å². The number of carboxylic acids is 3. The fourth-order valence-corrected chi connectivity index (χ4v) is 6.31. The van der Waals surface area contributed by atoms with Gasteiger partial charge in [-0.2, -0.15) is 0 Å². The van der Waals surface area contributed by atoms with Crippen LogP contribution in [0, 0.1) is 0 Å². The molecular formula is C47H87NaO11. The number of ether oxygens (including phenoxy) is 1. The summed E-state index contributed by atoms with van der Waals surface area (Å²) in [7, 11) is 0. The number of Topliss-reactive ketones (excluding diaryl/α,β-unsaturated/α-hetero) is 1. The Kier molecular flexibility index (Phi) is 56.6. The number of aliphatic hydroxyl groups excluding tert-OH is 2. The first-order chi connectivity index (χ1) is 27.9. The van der Waals surface area contributed by atoms with E-state index in [0.717, 1.165) is 37.8 Å². The van der Waals surface area contributed by atoms with Crippen molar-refractivity contribution < 1.29 is 83.8 Å². The van der Waals surface area contributed by atoms with Crippen LogP contribution in [0.3, 0.4) is 0 Å². The second-order valence-electron chi connectivity index (χ2n) is 15.8. The molecule has 0 aromatic rings. The Balaban J connectivity index is -0.000000427. The molecule has 2 atom stereocenters. The van der Waals surface area contributed by atoms with E-state index in [1.165, 1.54) is 180 Å². The van der Waals surface area contributed by atoms with Crippen molar-refractivity contribution in [1.29, 1.82) is 0 Å². The van der Waals surface area contributed by atoms with Crippen molar-refractivity contribution in [3.8, 4) is 0 Å². The quantitative estimate of drug-likeness (QED) is 0.0205. The minimum atomic E-state index is -1.33. The Labute approximate surface area is 381 Å². The molecule has 342 valence electrons. The number of aliphatic carboxylic acids is 3.